The molecule has 0 amide bonds. The van der Waals surface area contributed by atoms with E-state index in [2.05, 4.69) is 0 Å². The Morgan fingerprint density at radius 3 is 2.15 bits per heavy atom. The monoisotopic (exact) mass is 350 g/mol. The highest BCUT2D eigenvalue weighted by molar-refractivity contribution is 5.96. The Morgan fingerprint density at radius 1 is 0.731 bits per heavy atom. The van der Waals surface area contributed by atoms with Crippen LogP contribution in [-0.4, -0.2) is 25.5 Å². The first-order valence-electron chi connectivity index (χ1n) is 7.75. The largest absolute Gasteiger partial charge is 0.508 e. The molecule has 130 valence electrons. The van der Waals surface area contributed by atoms with Crippen molar-refractivity contribution in [3.63, 3.8) is 0 Å². The second-order valence-corrected chi connectivity index (χ2v) is 5.87. The highest BCUT2D eigenvalue weighted by Gasteiger charge is 2.31. The van der Waals surface area contributed by atoms with Crippen LogP contribution in [0.4, 0.5) is 0 Å². The van der Waals surface area contributed by atoms with Crippen LogP contribution in [0.25, 0.3) is 11.3 Å². The van der Waals surface area contributed by atoms with Gasteiger partial charge in [-0.1, -0.05) is 24.3 Å². The minimum atomic E-state index is -0.370. The zero-order chi connectivity index (χ0) is 18.4. The van der Waals surface area contributed by atoms with E-state index in [1.807, 2.05) is 0 Å². The average molecular weight is 350 g/mol. The third-order valence-electron chi connectivity index (χ3n) is 4.17. The lowest BCUT2D eigenvalue weighted by Crippen LogP contribution is -2.10. The van der Waals surface area contributed by atoms with Gasteiger partial charge in [0.2, 0.25) is 0 Å². The molecule has 0 radical (unpaired) electrons. The number of aliphatic hydroxyl groups excluding tert-OH is 1. The normalized spacial score (nSPS) is 15.4. The molecule has 26 heavy (non-hydrogen) atoms. The lowest BCUT2D eigenvalue weighted by atomic mass is 9.92. The molecule has 1 heterocycles. The fourth-order valence-corrected chi connectivity index (χ4v) is 2.99. The first kappa shape index (κ1) is 15.7. The van der Waals surface area contributed by atoms with E-state index in [-0.39, 0.29) is 45.8 Å². The van der Waals surface area contributed by atoms with Gasteiger partial charge in [0.05, 0.1) is 5.56 Å². The summed E-state index contributed by atoms with van der Waals surface area (Å²) in [7, 11) is 0. The van der Waals surface area contributed by atoms with Crippen LogP contribution in [0.2, 0.25) is 0 Å². The van der Waals surface area contributed by atoms with Crippen molar-refractivity contribution in [2.75, 3.05) is 0 Å². The predicted molar refractivity (Wildman–Crippen MR) is 94.9 cm³/mol. The van der Waals surface area contributed by atoms with Crippen molar-refractivity contribution in [2.45, 2.75) is 0 Å². The van der Waals surface area contributed by atoms with Crippen molar-refractivity contribution >= 4 is 11.3 Å². The van der Waals surface area contributed by atoms with E-state index >= 15 is 0 Å². The number of phenolic OH excluding ortho intramolecular Hbond substituents is 4. The van der Waals surface area contributed by atoms with Crippen molar-refractivity contribution in [3.8, 4) is 28.7 Å². The summed E-state index contributed by atoms with van der Waals surface area (Å²) >= 11 is 0. The number of aromatic hydroxyl groups is 4. The number of allylic oxidation sites excluding steroid dienone is 6. The summed E-state index contributed by atoms with van der Waals surface area (Å²) in [4.78, 5) is 0. The molecule has 0 unspecified atom stereocenters. The minimum absolute atomic E-state index is 0.0222. The van der Waals surface area contributed by atoms with Gasteiger partial charge in [0.15, 0.2) is 23.0 Å². The standard InChI is InChI=1S/C20H14O6/c21-12-8-15(24)18-16(9-12)26-20(11-5-6-13(22)14(23)7-11)19(25)17(18)10-3-1-2-4-10/h1-9,21-25H. The molecule has 0 fully saturated rings. The molecule has 1 aliphatic heterocycles. The summed E-state index contributed by atoms with van der Waals surface area (Å²) in [5, 5.41) is 50.2. The first-order valence-corrected chi connectivity index (χ1v) is 7.75. The molecule has 0 saturated heterocycles. The molecular formula is C20H14O6. The number of benzene rings is 2. The molecule has 2 aromatic rings. The van der Waals surface area contributed by atoms with Crippen LogP contribution in [0, 0.1) is 0 Å². The molecule has 5 N–H and O–H groups in total. The summed E-state index contributed by atoms with van der Waals surface area (Å²) < 4.78 is 5.71. The van der Waals surface area contributed by atoms with Gasteiger partial charge in [-0.05, 0) is 23.8 Å². The van der Waals surface area contributed by atoms with Gasteiger partial charge in [-0.3, -0.25) is 0 Å². The summed E-state index contributed by atoms with van der Waals surface area (Å²) in [6.07, 6.45) is 7.10. The summed E-state index contributed by atoms with van der Waals surface area (Å²) in [5.74, 6) is -1.18. The summed E-state index contributed by atoms with van der Waals surface area (Å²) in [6, 6.07) is 6.47. The third-order valence-corrected chi connectivity index (χ3v) is 4.17. The number of ether oxygens (including phenoxy) is 1. The van der Waals surface area contributed by atoms with Crippen LogP contribution < -0.4 is 4.74 Å². The Morgan fingerprint density at radius 2 is 1.46 bits per heavy atom. The number of hydrogen-bond acceptors (Lipinski definition) is 6. The van der Waals surface area contributed by atoms with Gasteiger partial charge in [-0.2, -0.15) is 0 Å². The Bertz CT molecular complexity index is 1040. The highest BCUT2D eigenvalue weighted by atomic mass is 16.5. The Hall–Kier alpha value is -3.80. The molecule has 0 aromatic heterocycles. The Labute approximate surface area is 148 Å². The smallest absolute Gasteiger partial charge is 0.177 e. The number of rotatable bonds is 1. The van der Waals surface area contributed by atoms with Crippen molar-refractivity contribution in [1.29, 1.82) is 0 Å². The molecule has 4 rings (SSSR count). The fraction of sp³-hybridized carbons (Fsp3) is 0. The van der Waals surface area contributed by atoms with Crippen LogP contribution >= 0.6 is 0 Å². The Balaban J connectivity index is 2.01. The van der Waals surface area contributed by atoms with Crippen molar-refractivity contribution in [2.24, 2.45) is 0 Å². The predicted octanol–water partition coefficient (Wildman–Crippen LogP) is 3.71. The minimum Gasteiger partial charge on any atom is -0.508 e. The van der Waals surface area contributed by atoms with Gasteiger partial charge in [0.25, 0.3) is 0 Å². The number of phenols is 4. The molecule has 0 bridgehead atoms. The van der Waals surface area contributed by atoms with Gasteiger partial charge in [0, 0.05) is 23.3 Å². The summed E-state index contributed by atoms with van der Waals surface area (Å²) in [5.41, 5.74) is 1.54. The van der Waals surface area contributed by atoms with E-state index in [1.165, 1.54) is 24.3 Å². The maximum Gasteiger partial charge on any atom is 0.177 e. The lowest BCUT2D eigenvalue weighted by Gasteiger charge is -2.25. The van der Waals surface area contributed by atoms with Crippen LogP contribution in [0.1, 0.15) is 11.1 Å². The lowest BCUT2D eigenvalue weighted by molar-refractivity contribution is 0.387. The van der Waals surface area contributed by atoms with E-state index in [0.717, 1.165) is 6.07 Å². The van der Waals surface area contributed by atoms with Crippen molar-refractivity contribution in [1.82, 2.24) is 0 Å². The quantitative estimate of drug-likeness (QED) is 0.502. The number of fused-ring (bicyclic) bond motifs is 1. The third kappa shape index (κ3) is 2.36. The second kappa shape index (κ2) is 5.63. The molecule has 2 aromatic carbocycles. The first-order chi connectivity index (χ1) is 12.5. The van der Waals surface area contributed by atoms with E-state index in [4.69, 9.17) is 4.74 Å². The topological polar surface area (TPSA) is 110 Å². The average Bonchev–Trinajstić information content (AvgIpc) is 3.11. The SMILES string of the molecule is OC1=C(c2ccc(O)c(O)c2)Oc2cc(O)cc(O)c2C1=C1C=CC=C1. The fourth-order valence-electron chi connectivity index (χ4n) is 2.99. The van der Waals surface area contributed by atoms with Gasteiger partial charge < -0.3 is 30.3 Å². The molecule has 2 aliphatic rings. The second-order valence-electron chi connectivity index (χ2n) is 5.87. The van der Waals surface area contributed by atoms with E-state index in [0.29, 0.717) is 16.7 Å². The highest BCUT2D eigenvalue weighted by Crippen LogP contribution is 2.49. The van der Waals surface area contributed by atoms with Crippen molar-refractivity contribution in [3.05, 3.63) is 77.1 Å². The van der Waals surface area contributed by atoms with Crippen LogP contribution in [0.15, 0.2) is 66.0 Å². The van der Waals surface area contributed by atoms with Crippen LogP contribution in [-0.2, 0) is 0 Å². The summed E-state index contributed by atoms with van der Waals surface area (Å²) in [6.45, 7) is 0. The van der Waals surface area contributed by atoms with E-state index in [9.17, 15) is 25.5 Å². The molecule has 6 heteroatoms. The molecular weight excluding hydrogens is 336 g/mol. The van der Waals surface area contributed by atoms with Crippen molar-refractivity contribution < 1.29 is 30.3 Å². The van der Waals surface area contributed by atoms with Crippen LogP contribution in [0.3, 0.4) is 0 Å². The maximum absolute atomic E-state index is 10.9. The zero-order valence-corrected chi connectivity index (χ0v) is 13.3. The van der Waals surface area contributed by atoms with E-state index in [1.54, 1.807) is 24.3 Å². The molecule has 0 spiro atoms. The van der Waals surface area contributed by atoms with Gasteiger partial charge >= 0.3 is 0 Å². The molecule has 0 atom stereocenters. The van der Waals surface area contributed by atoms with E-state index < -0.39 is 0 Å². The number of hydrogen-bond donors (Lipinski definition) is 5. The maximum atomic E-state index is 10.9. The van der Waals surface area contributed by atoms with Gasteiger partial charge in [0.1, 0.15) is 17.2 Å². The molecule has 0 saturated carbocycles. The van der Waals surface area contributed by atoms with Gasteiger partial charge in [-0.25, -0.2) is 0 Å². The Kier molecular flexibility index (Phi) is 3.40. The number of aliphatic hydroxyl groups is 1. The van der Waals surface area contributed by atoms with Crippen LogP contribution in [0.5, 0.6) is 28.7 Å². The van der Waals surface area contributed by atoms with Gasteiger partial charge in [-0.15, -0.1) is 0 Å². The zero-order valence-electron chi connectivity index (χ0n) is 13.3. The molecule has 6 nitrogen and oxygen atoms in total. The molecule has 1 aliphatic carbocycles.